The van der Waals surface area contributed by atoms with Crippen molar-refractivity contribution in [2.24, 2.45) is 5.92 Å². The average Bonchev–Trinajstić information content (AvgIpc) is 1.98. The van der Waals surface area contributed by atoms with Gasteiger partial charge in [-0.1, -0.05) is 13.8 Å². The van der Waals surface area contributed by atoms with Gasteiger partial charge in [-0.05, 0) is 33.1 Å². The normalized spacial score (nSPS) is 13.1. The Morgan fingerprint density at radius 1 is 1.47 bits per heavy atom. The van der Waals surface area contributed by atoms with E-state index < -0.39 is 17.7 Å². The molecule has 0 bridgehead atoms. The van der Waals surface area contributed by atoms with Gasteiger partial charge in [-0.3, -0.25) is 0 Å². The summed E-state index contributed by atoms with van der Waals surface area (Å²) in [6.45, 7) is 9.37. The molecule has 0 aromatic rings. The van der Waals surface area contributed by atoms with Gasteiger partial charge in [-0.15, -0.1) is 0 Å². The maximum absolute atomic E-state index is 11.3. The number of hydrogen-bond acceptors (Lipinski definition) is 3. The van der Waals surface area contributed by atoms with Gasteiger partial charge in [-0.2, -0.15) is 5.26 Å². The number of carbonyl (C=O) groups is 1. The minimum atomic E-state index is -0.533. The fourth-order valence-corrected chi connectivity index (χ4v) is 1.07. The van der Waals surface area contributed by atoms with Gasteiger partial charge >= 0.3 is 6.09 Å². The summed E-state index contributed by atoms with van der Waals surface area (Å²) >= 11 is 0. The summed E-state index contributed by atoms with van der Waals surface area (Å²) in [7, 11) is 0. The standard InChI is InChI=1S/C11H20N2O2/c1-8(2)6-9(7-12)13-10(14)15-11(3,4)5/h8-9H,6H2,1-5H3,(H,13,14). The Kier molecular flexibility index (Phi) is 5.13. The lowest BCUT2D eigenvalue weighted by atomic mass is 10.1. The highest BCUT2D eigenvalue weighted by Gasteiger charge is 2.19. The van der Waals surface area contributed by atoms with Crippen molar-refractivity contribution in [2.45, 2.75) is 52.7 Å². The number of nitrogens with one attached hydrogen (secondary N) is 1. The van der Waals surface area contributed by atoms with Crippen LogP contribution in [0.4, 0.5) is 4.79 Å². The van der Waals surface area contributed by atoms with E-state index in [1.165, 1.54) is 0 Å². The fraction of sp³-hybridized carbons (Fsp3) is 0.818. The lowest BCUT2D eigenvalue weighted by Gasteiger charge is -2.21. The zero-order valence-corrected chi connectivity index (χ0v) is 10.1. The summed E-state index contributed by atoms with van der Waals surface area (Å²) in [4.78, 5) is 11.3. The Morgan fingerprint density at radius 2 is 2.00 bits per heavy atom. The number of nitrogens with zero attached hydrogens (tertiary/aromatic N) is 1. The first kappa shape index (κ1) is 13.8. The van der Waals surface area contributed by atoms with Crippen LogP contribution < -0.4 is 5.32 Å². The van der Waals surface area contributed by atoms with Crippen LogP contribution in [-0.2, 0) is 4.74 Å². The number of alkyl carbamates (subject to hydrolysis) is 1. The Balaban J connectivity index is 4.10. The Bertz CT molecular complexity index is 248. The van der Waals surface area contributed by atoms with Crippen LogP contribution in [-0.4, -0.2) is 17.7 Å². The first-order chi connectivity index (χ1) is 6.74. The van der Waals surface area contributed by atoms with Crippen LogP contribution in [0.1, 0.15) is 41.0 Å². The van der Waals surface area contributed by atoms with E-state index in [0.29, 0.717) is 12.3 Å². The van der Waals surface area contributed by atoms with Gasteiger partial charge in [0.2, 0.25) is 0 Å². The van der Waals surface area contributed by atoms with Crippen LogP contribution in [0.25, 0.3) is 0 Å². The zero-order chi connectivity index (χ0) is 12.1. The van der Waals surface area contributed by atoms with E-state index in [-0.39, 0.29) is 0 Å². The predicted molar refractivity (Wildman–Crippen MR) is 58.2 cm³/mol. The largest absolute Gasteiger partial charge is 0.444 e. The summed E-state index contributed by atoms with van der Waals surface area (Å²) in [5, 5.41) is 11.3. The highest BCUT2D eigenvalue weighted by atomic mass is 16.6. The molecule has 1 amide bonds. The number of ether oxygens (including phenoxy) is 1. The minimum Gasteiger partial charge on any atom is -0.444 e. The van der Waals surface area contributed by atoms with Gasteiger partial charge in [-0.25, -0.2) is 4.79 Å². The van der Waals surface area contributed by atoms with Crippen molar-refractivity contribution in [3.63, 3.8) is 0 Å². The Morgan fingerprint density at radius 3 is 2.33 bits per heavy atom. The van der Waals surface area contributed by atoms with Crippen molar-refractivity contribution in [3.8, 4) is 6.07 Å². The van der Waals surface area contributed by atoms with Crippen molar-refractivity contribution in [2.75, 3.05) is 0 Å². The Labute approximate surface area is 91.6 Å². The molecule has 0 spiro atoms. The SMILES string of the molecule is CC(C)CC(C#N)NC(=O)OC(C)(C)C. The fourth-order valence-electron chi connectivity index (χ4n) is 1.07. The van der Waals surface area contributed by atoms with Gasteiger partial charge in [0, 0.05) is 0 Å². The van der Waals surface area contributed by atoms with E-state index in [4.69, 9.17) is 10.00 Å². The van der Waals surface area contributed by atoms with E-state index >= 15 is 0 Å². The van der Waals surface area contributed by atoms with E-state index in [1.807, 2.05) is 19.9 Å². The zero-order valence-electron chi connectivity index (χ0n) is 10.1. The molecule has 86 valence electrons. The summed E-state index contributed by atoms with van der Waals surface area (Å²) in [5.74, 6) is 0.365. The monoisotopic (exact) mass is 212 g/mol. The summed E-state index contributed by atoms with van der Waals surface area (Å²) < 4.78 is 5.05. The molecule has 0 heterocycles. The third kappa shape index (κ3) is 7.80. The molecule has 0 saturated carbocycles. The van der Waals surface area contributed by atoms with Crippen LogP contribution in [0.15, 0.2) is 0 Å². The van der Waals surface area contributed by atoms with Crippen molar-refractivity contribution in [1.82, 2.24) is 5.32 Å². The first-order valence-electron chi connectivity index (χ1n) is 5.13. The molecule has 0 aromatic carbocycles. The molecule has 1 unspecified atom stereocenters. The smallest absolute Gasteiger partial charge is 0.408 e. The van der Waals surface area contributed by atoms with Crippen LogP contribution in [0, 0.1) is 17.2 Å². The van der Waals surface area contributed by atoms with E-state index in [0.717, 1.165) is 0 Å². The summed E-state index contributed by atoms with van der Waals surface area (Å²) in [5.41, 5.74) is -0.526. The number of nitriles is 1. The van der Waals surface area contributed by atoms with Crippen LogP contribution in [0.2, 0.25) is 0 Å². The molecule has 4 nitrogen and oxygen atoms in total. The molecule has 0 aromatic heterocycles. The maximum atomic E-state index is 11.3. The van der Waals surface area contributed by atoms with Gasteiger partial charge in [0.15, 0.2) is 0 Å². The van der Waals surface area contributed by atoms with Gasteiger partial charge in [0.1, 0.15) is 11.6 Å². The molecule has 0 aliphatic carbocycles. The average molecular weight is 212 g/mol. The highest BCUT2D eigenvalue weighted by Crippen LogP contribution is 2.08. The molecule has 15 heavy (non-hydrogen) atoms. The number of rotatable bonds is 3. The highest BCUT2D eigenvalue weighted by molar-refractivity contribution is 5.68. The van der Waals surface area contributed by atoms with E-state index in [1.54, 1.807) is 20.8 Å². The number of carbonyl (C=O) groups excluding carboxylic acids is 1. The molecule has 1 atom stereocenters. The molecule has 0 fully saturated rings. The molecular weight excluding hydrogens is 192 g/mol. The molecule has 0 rings (SSSR count). The molecular formula is C11H20N2O2. The second-order valence-electron chi connectivity index (χ2n) is 4.96. The van der Waals surface area contributed by atoms with Crippen molar-refractivity contribution < 1.29 is 9.53 Å². The van der Waals surface area contributed by atoms with Gasteiger partial charge in [0.05, 0.1) is 6.07 Å². The van der Waals surface area contributed by atoms with Crippen molar-refractivity contribution >= 4 is 6.09 Å². The van der Waals surface area contributed by atoms with E-state index in [2.05, 4.69) is 5.32 Å². The molecule has 0 aliphatic rings. The molecule has 0 saturated heterocycles. The summed E-state index contributed by atoms with van der Waals surface area (Å²) in [6, 6.07) is 1.57. The molecule has 4 heteroatoms. The third-order valence-electron chi connectivity index (χ3n) is 1.55. The second-order valence-corrected chi connectivity index (χ2v) is 4.96. The maximum Gasteiger partial charge on any atom is 0.408 e. The lowest BCUT2D eigenvalue weighted by molar-refractivity contribution is 0.0512. The topological polar surface area (TPSA) is 62.1 Å². The quantitative estimate of drug-likeness (QED) is 0.781. The van der Waals surface area contributed by atoms with Crippen LogP contribution in [0.3, 0.4) is 0 Å². The lowest BCUT2D eigenvalue weighted by Crippen LogP contribution is -2.39. The predicted octanol–water partition coefficient (Wildman–Crippen LogP) is 2.45. The van der Waals surface area contributed by atoms with E-state index in [9.17, 15) is 4.79 Å². The molecule has 1 N–H and O–H groups in total. The number of hydrogen-bond donors (Lipinski definition) is 1. The molecule has 0 aliphatic heterocycles. The first-order valence-corrected chi connectivity index (χ1v) is 5.13. The van der Waals surface area contributed by atoms with Crippen molar-refractivity contribution in [1.29, 1.82) is 5.26 Å². The third-order valence-corrected chi connectivity index (χ3v) is 1.55. The number of amides is 1. The molecule has 0 radical (unpaired) electrons. The minimum absolute atomic E-state index is 0.365. The van der Waals surface area contributed by atoms with Crippen molar-refractivity contribution in [3.05, 3.63) is 0 Å². The second kappa shape index (κ2) is 5.59. The Hall–Kier alpha value is -1.24. The van der Waals surface area contributed by atoms with Gasteiger partial charge < -0.3 is 10.1 Å². The van der Waals surface area contributed by atoms with Crippen LogP contribution >= 0.6 is 0 Å². The van der Waals surface area contributed by atoms with Gasteiger partial charge in [0.25, 0.3) is 0 Å². The summed E-state index contributed by atoms with van der Waals surface area (Å²) in [6.07, 6.45) is 0.102. The van der Waals surface area contributed by atoms with Crippen LogP contribution in [0.5, 0.6) is 0 Å².